The summed E-state index contributed by atoms with van der Waals surface area (Å²) in [6.07, 6.45) is 6.45. The molecule has 7 heteroatoms. The number of fused-ring (bicyclic) bond motifs is 1. The average molecular weight is 397 g/mol. The van der Waals surface area contributed by atoms with Gasteiger partial charge in [-0.1, -0.05) is 30.0 Å². The molecule has 146 valence electrons. The fourth-order valence-corrected chi connectivity index (χ4v) is 4.30. The number of furan rings is 1. The Bertz CT molecular complexity index is 965. The van der Waals surface area contributed by atoms with Crippen LogP contribution >= 0.6 is 11.8 Å². The summed E-state index contributed by atoms with van der Waals surface area (Å²) in [6, 6.07) is 10.2. The lowest BCUT2D eigenvalue weighted by atomic mass is 9.89. The largest absolute Gasteiger partial charge is 0.461 e. The summed E-state index contributed by atoms with van der Waals surface area (Å²) in [5, 5.41) is 12.1. The lowest BCUT2D eigenvalue weighted by molar-refractivity contribution is -0.119. The van der Waals surface area contributed by atoms with E-state index >= 15 is 0 Å². The van der Waals surface area contributed by atoms with Gasteiger partial charge in [0.1, 0.15) is 0 Å². The van der Waals surface area contributed by atoms with Crippen LogP contribution in [0.5, 0.6) is 0 Å². The maximum Gasteiger partial charge on any atom is 0.230 e. The van der Waals surface area contributed by atoms with Crippen molar-refractivity contribution in [3.63, 3.8) is 0 Å². The van der Waals surface area contributed by atoms with Crippen LogP contribution in [0.3, 0.4) is 0 Å². The van der Waals surface area contributed by atoms with E-state index in [-0.39, 0.29) is 11.9 Å². The third-order valence-corrected chi connectivity index (χ3v) is 6.18. The van der Waals surface area contributed by atoms with Gasteiger partial charge in [0.25, 0.3) is 0 Å². The van der Waals surface area contributed by atoms with E-state index in [0.717, 1.165) is 12.0 Å². The second kappa shape index (κ2) is 8.22. The molecular formula is C21H24N4O2S. The molecule has 4 rings (SSSR count). The van der Waals surface area contributed by atoms with Crippen molar-refractivity contribution in [2.45, 2.75) is 43.8 Å². The number of carbonyl (C=O) groups excluding carboxylic acids is 1. The Balaban J connectivity index is 1.35. The summed E-state index contributed by atoms with van der Waals surface area (Å²) in [7, 11) is 1.87. The van der Waals surface area contributed by atoms with E-state index < -0.39 is 0 Å². The third kappa shape index (κ3) is 3.99. The van der Waals surface area contributed by atoms with Crippen molar-refractivity contribution in [2.75, 3.05) is 5.75 Å². The van der Waals surface area contributed by atoms with Crippen molar-refractivity contribution in [1.82, 2.24) is 20.1 Å². The number of nitrogens with zero attached hydrogens (tertiary/aromatic N) is 3. The summed E-state index contributed by atoms with van der Waals surface area (Å²) in [5.74, 6) is 1.58. The zero-order chi connectivity index (χ0) is 19.5. The second-order valence-electron chi connectivity index (χ2n) is 7.16. The van der Waals surface area contributed by atoms with Crippen LogP contribution in [0.2, 0.25) is 0 Å². The average Bonchev–Trinajstić information content (AvgIpc) is 3.35. The van der Waals surface area contributed by atoms with Crippen LogP contribution in [0.25, 0.3) is 11.6 Å². The minimum atomic E-state index is -0.0160. The molecule has 0 saturated heterocycles. The number of aryl methyl sites for hydroxylation is 2. The van der Waals surface area contributed by atoms with Gasteiger partial charge in [0, 0.05) is 7.05 Å². The van der Waals surface area contributed by atoms with E-state index in [1.54, 1.807) is 6.26 Å². The summed E-state index contributed by atoms with van der Waals surface area (Å²) < 4.78 is 7.21. The lowest BCUT2D eigenvalue weighted by Gasteiger charge is -2.20. The molecule has 1 aromatic carbocycles. The molecule has 0 aliphatic heterocycles. The monoisotopic (exact) mass is 396 g/mol. The smallest absolute Gasteiger partial charge is 0.230 e. The highest BCUT2D eigenvalue weighted by atomic mass is 32.2. The molecule has 1 amide bonds. The second-order valence-corrected chi connectivity index (χ2v) is 8.10. The van der Waals surface area contributed by atoms with E-state index in [0.29, 0.717) is 22.5 Å². The third-order valence-electron chi connectivity index (χ3n) is 5.16. The number of rotatable bonds is 6. The van der Waals surface area contributed by atoms with Crippen LogP contribution in [0, 0.1) is 0 Å². The maximum absolute atomic E-state index is 12.4. The van der Waals surface area contributed by atoms with Gasteiger partial charge in [-0.3, -0.25) is 4.79 Å². The van der Waals surface area contributed by atoms with E-state index in [9.17, 15) is 4.79 Å². The van der Waals surface area contributed by atoms with Gasteiger partial charge in [-0.25, -0.2) is 0 Å². The van der Waals surface area contributed by atoms with Crippen molar-refractivity contribution < 1.29 is 9.21 Å². The van der Waals surface area contributed by atoms with Crippen molar-refractivity contribution >= 4 is 17.7 Å². The predicted octanol–water partition coefficient (Wildman–Crippen LogP) is 3.92. The molecule has 2 heterocycles. The SMILES string of the molecule is CC(NC(=O)CSc1nnc(-c2ccco2)n1C)c1ccc2c(c1)CCCC2. The molecule has 0 fully saturated rings. The van der Waals surface area contributed by atoms with Crippen LogP contribution in [0.1, 0.15) is 42.5 Å². The Morgan fingerprint density at radius 1 is 1.25 bits per heavy atom. The highest BCUT2D eigenvalue weighted by molar-refractivity contribution is 7.99. The first-order chi connectivity index (χ1) is 13.6. The lowest BCUT2D eigenvalue weighted by Crippen LogP contribution is -2.28. The quantitative estimate of drug-likeness (QED) is 0.639. The summed E-state index contributed by atoms with van der Waals surface area (Å²) in [6.45, 7) is 2.03. The van der Waals surface area contributed by atoms with Crippen LogP contribution in [0.4, 0.5) is 0 Å². The van der Waals surface area contributed by atoms with Gasteiger partial charge < -0.3 is 14.3 Å². The number of hydrogen-bond acceptors (Lipinski definition) is 5. The van der Waals surface area contributed by atoms with Gasteiger partial charge in [0.2, 0.25) is 5.91 Å². The van der Waals surface area contributed by atoms with Crippen LogP contribution in [-0.4, -0.2) is 26.4 Å². The number of thioether (sulfide) groups is 1. The standard InChI is InChI=1S/C21H24N4O2S/c1-14(16-10-9-15-6-3-4-7-17(15)12-16)22-19(26)13-28-21-24-23-20(25(21)2)18-8-5-11-27-18/h5,8-12,14H,3-4,6-7,13H2,1-2H3,(H,22,26). The molecule has 1 atom stereocenters. The van der Waals surface area contributed by atoms with Gasteiger partial charge in [-0.2, -0.15) is 0 Å². The Morgan fingerprint density at radius 2 is 2.07 bits per heavy atom. The van der Waals surface area contributed by atoms with E-state index in [4.69, 9.17) is 4.42 Å². The van der Waals surface area contributed by atoms with Gasteiger partial charge >= 0.3 is 0 Å². The first-order valence-corrected chi connectivity index (χ1v) is 10.6. The predicted molar refractivity (Wildman–Crippen MR) is 109 cm³/mol. The molecule has 3 aromatic rings. The number of carbonyl (C=O) groups is 1. The Morgan fingerprint density at radius 3 is 2.86 bits per heavy atom. The topological polar surface area (TPSA) is 73.0 Å². The summed E-state index contributed by atoms with van der Waals surface area (Å²) in [4.78, 5) is 12.4. The van der Waals surface area contributed by atoms with E-state index in [1.807, 2.05) is 30.7 Å². The highest BCUT2D eigenvalue weighted by Crippen LogP contribution is 2.25. The van der Waals surface area contributed by atoms with E-state index in [1.165, 1.54) is 42.2 Å². The van der Waals surface area contributed by atoms with Gasteiger partial charge in [-0.05, 0) is 61.4 Å². The molecule has 0 radical (unpaired) electrons. The molecule has 1 aliphatic carbocycles. The molecule has 0 saturated carbocycles. The zero-order valence-electron chi connectivity index (χ0n) is 16.1. The van der Waals surface area contributed by atoms with Crippen molar-refractivity contribution in [3.8, 4) is 11.6 Å². The molecule has 0 bridgehead atoms. The highest BCUT2D eigenvalue weighted by Gasteiger charge is 2.17. The molecule has 1 aliphatic rings. The zero-order valence-corrected chi connectivity index (χ0v) is 17.0. The number of benzene rings is 1. The first kappa shape index (κ1) is 18.8. The van der Waals surface area contributed by atoms with Crippen LogP contribution in [-0.2, 0) is 24.7 Å². The van der Waals surface area contributed by atoms with Crippen LogP contribution < -0.4 is 5.32 Å². The summed E-state index contributed by atoms with van der Waals surface area (Å²) >= 11 is 1.37. The minimum Gasteiger partial charge on any atom is -0.461 e. The van der Waals surface area contributed by atoms with Crippen molar-refractivity contribution in [2.24, 2.45) is 7.05 Å². The molecule has 1 unspecified atom stereocenters. The maximum atomic E-state index is 12.4. The minimum absolute atomic E-state index is 0.0153. The Kier molecular flexibility index (Phi) is 5.52. The van der Waals surface area contributed by atoms with Crippen molar-refractivity contribution in [3.05, 3.63) is 53.3 Å². The Hall–Kier alpha value is -2.54. The fourth-order valence-electron chi connectivity index (χ4n) is 3.58. The number of hydrogen-bond donors (Lipinski definition) is 1. The van der Waals surface area contributed by atoms with Gasteiger partial charge in [0.15, 0.2) is 16.7 Å². The molecule has 0 spiro atoms. The molecule has 2 aromatic heterocycles. The van der Waals surface area contributed by atoms with Crippen LogP contribution in [0.15, 0.2) is 46.2 Å². The number of amides is 1. The number of nitrogens with one attached hydrogen (secondary N) is 1. The molecule has 1 N–H and O–H groups in total. The molecule has 28 heavy (non-hydrogen) atoms. The fraction of sp³-hybridized carbons (Fsp3) is 0.381. The normalized spacial score (nSPS) is 14.5. The summed E-state index contributed by atoms with van der Waals surface area (Å²) in [5.41, 5.74) is 4.06. The number of aromatic nitrogens is 3. The molecule has 6 nitrogen and oxygen atoms in total. The van der Waals surface area contributed by atoms with Gasteiger partial charge in [-0.15, -0.1) is 10.2 Å². The van der Waals surface area contributed by atoms with Crippen molar-refractivity contribution in [1.29, 1.82) is 0 Å². The van der Waals surface area contributed by atoms with E-state index in [2.05, 4.69) is 33.7 Å². The molecular weight excluding hydrogens is 372 g/mol. The van der Waals surface area contributed by atoms with Gasteiger partial charge in [0.05, 0.1) is 18.1 Å². The Labute approximate surface area is 168 Å². The first-order valence-electron chi connectivity index (χ1n) is 9.59.